The van der Waals surface area contributed by atoms with Crippen LogP contribution in [-0.4, -0.2) is 38.2 Å². The number of benzene rings is 14. The van der Waals surface area contributed by atoms with Crippen molar-refractivity contribution in [3.8, 4) is 68.3 Å². The van der Waals surface area contributed by atoms with E-state index in [1.165, 1.54) is 106 Å². The Kier molecular flexibility index (Phi) is 13.2. The Labute approximate surface area is 592 Å². The average Bonchev–Trinajstić information content (AvgIpc) is 1.55. The molecule has 22 aromatic rings. The Bertz CT molecular complexity index is 7120. The van der Waals surface area contributed by atoms with Gasteiger partial charge in [-0.05, 0) is 103 Å². The molecule has 0 spiro atoms. The van der Waals surface area contributed by atoms with Crippen molar-refractivity contribution in [1.29, 1.82) is 0 Å². The highest BCUT2D eigenvalue weighted by Crippen LogP contribution is 2.47. The van der Waals surface area contributed by atoms with Crippen LogP contribution >= 0.6 is 22.7 Å². The molecule has 0 saturated heterocycles. The largest absolute Gasteiger partial charge is 0.309 e. The van der Waals surface area contributed by atoms with Gasteiger partial charge < -0.3 is 9.13 Å². The summed E-state index contributed by atoms with van der Waals surface area (Å²) in [5, 5.41) is 14.8. The van der Waals surface area contributed by atoms with Crippen LogP contribution < -0.4 is 0 Å². The molecule has 0 radical (unpaired) electrons. The highest BCUT2D eigenvalue weighted by atomic mass is 32.1. The standard InChI is InChI=1S/2C46H28N4S/c1-3-14-29(15-4-1)36-28-37(33-22-13-21-32-31-18-9-12-25-42(31)51-45(32)33)48-46(47-36)50-39-24-11-8-20-35(39)44-41(50)27-26-40-43(44)34-19-7-10-23-38(34)49(40)30-16-5-2-6-17-30;1-3-13-29(14-4-1)36-28-37(30-23-24-33-32-17-9-12-22-42(32)51-43(33)27-30)48-46(47-36)50-39-21-11-8-19-35(39)45-41(50)26-25-40-44(45)34-18-7-10-20-38(34)49(40)31-15-5-2-6-16-31/h2*1-28H. The number of aromatic nitrogens is 8. The molecule has 0 aliphatic heterocycles. The molecule has 10 heteroatoms. The second-order valence-electron chi connectivity index (χ2n) is 26.0. The summed E-state index contributed by atoms with van der Waals surface area (Å²) in [5.74, 6) is 1.31. The zero-order valence-electron chi connectivity index (χ0n) is 54.7. The van der Waals surface area contributed by atoms with Crippen molar-refractivity contribution < 1.29 is 0 Å². The number of para-hydroxylation sites is 6. The Morgan fingerprint density at radius 3 is 1.03 bits per heavy atom. The van der Waals surface area contributed by atoms with Gasteiger partial charge in [-0.1, -0.05) is 237 Å². The highest BCUT2D eigenvalue weighted by molar-refractivity contribution is 7.26. The zero-order valence-corrected chi connectivity index (χ0v) is 56.4. The third-order valence-corrected chi connectivity index (χ3v) is 22.6. The third kappa shape index (κ3) is 9.06. The summed E-state index contributed by atoms with van der Waals surface area (Å²) in [7, 11) is 0. The predicted octanol–water partition coefficient (Wildman–Crippen LogP) is 24.7. The number of hydrogen-bond donors (Lipinski definition) is 0. The normalized spacial score (nSPS) is 11.9. The molecule has 0 aliphatic rings. The van der Waals surface area contributed by atoms with E-state index in [0.717, 1.165) is 78.5 Å². The Balaban J connectivity index is 0.000000133. The molecule has 8 heterocycles. The van der Waals surface area contributed by atoms with Gasteiger partial charge in [0.2, 0.25) is 11.9 Å². The molecular weight excluding hydrogens is 1280 g/mol. The summed E-state index contributed by atoms with van der Waals surface area (Å²) in [6, 6.07) is 121. The van der Waals surface area contributed by atoms with E-state index in [4.69, 9.17) is 19.9 Å². The van der Waals surface area contributed by atoms with Crippen LogP contribution in [0, 0.1) is 0 Å². The van der Waals surface area contributed by atoms with Gasteiger partial charge in [0.1, 0.15) is 0 Å². The Morgan fingerprint density at radius 1 is 0.206 bits per heavy atom. The quantitative estimate of drug-likeness (QED) is 0.152. The minimum atomic E-state index is 0.653. The first-order chi connectivity index (χ1) is 50.6. The molecule has 0 fully saturated rings. The predicted molar refractivity (Wildman–Crippen MR) is 429 cm³/mol. The van der Waals surface area contributed by atoms with Crippen LogP contribution in [0.3, 0.4) is 0 Å². The molecule has 8 nitrogen and oxygen atoms in total. The van der Waals surface area contributed by atoms with Crippen LogP contribution in [0.25, 0.3) is 196 Å². The molecule has 0 unspecified atom stereocenters. The minimum absolute atomic E-state index is 0.653. The van der Waals surface area contributed by atoms with Crippen LogP contribution in [0.1, 0.15) is 0 Å². The van der Waals surface area contributed by atoms with Crippen molar-refractivity contribution in [3.05, 3.63) is 340 Å². The van der Waals surface area contributed by atoms with E-state index < -0.39 is 0 Å². The fraction of sp³-hybridized carbons (Fsp3) is 0. The molecule has 0 bridgehead atoms. The molecule has 0 saturated carbocycles. The number of nitrogens with zero attached hydrogens (tertiary/aromatic N) is 8. The van der Waals surface area contributed by atoms with Gasteiger partial charge in [-0.2, -0.15) is 0 Å². The number of fused-ring (bicyclic) bond motifs is 20. The summed E-state index contributed by atoms with van der Waals surface area (Å²) in [5.41, 5.74) is 19.2. The number of hydrogen-bond acceptors (Lipinski definition) is 6. The van der Waals surface area contributed by atoms with E-state index >= 15 is 0 Å². The van der Waals surface area contributed by atoms with Crippen LogP contribution in [0.4, 0.5) is 0 Å². The SMILES string of the molecule is c1ccc(-c2cc(-c3ccc4c(c3)sc3ccccc34)nc(-n3c4ccccc4c4c5c6ccccc6n(-c6ccccc6)c5ccc43)n2)cc1.c1ccc(-c2cc(-c3cccc4c3sc3ccccc34)nc(-n3c4ccccc4c4c5c6ccccc6n(-c6ccccc6)c5ccc43)n2)cc1. The first kappa shape index (κ1) is 57.9. The van der Waals surface area contributed by atoms with Gasteiger partial charge in [0, 0.05) is 117 Å². The fourth-order valence-corrected chi connectivity index (χ4v) is 18.3. The molecular formula is C92H56N8S2. The zero-order chi connectivity index (χ0) is 66.9. The van der Waals surface area contributed by atoms with Crippen molar-refractivity contribution in [2.45, 2.75) is 0 Å². The minimum Gasteiger partial charge on any atom is -0.309 e. The van der Waals surface area contributed by atoms with Gasteiger partial charge in [-0.3, -0.25) is 9.13 Å². The monoisotopic (exact) mass is 1340 g/mol. The first-order valence-electron chi connectivity index (χ1n) is 34.4. The van der Waals surface area contributed by atoms with Gasteiger partial charge >= 0.3 is 0 Å². The second kappa shape index (κ2) is 23.3. The molecule has 8 aromatic heterocycles. The van der Waals surface area contributed by atoms with Crippen LogP contribution in [0.5, 0.6) is 0 Å². The lowest BCUT2D eigenvalue weighted by Crippen LogP contribution is -2.04. The topological polar surface area (TPSA) is 71.3 Å². The van der Waals surface area contributed by atoms with Crippen molar-refractivity contribution in [2.75, 3.05) is 0 Å². The van der Waals surface area contributed by atoms with E-state index in [2.05, 4.69) is 352 Å². The molecule has 22 rings (SSSR count). The van der Waals surface area contributed by atoms with E-state index in [1.54, 1.807) is 0 Å². The molecule has 102 heavy (non-hydrogen) atoms. The maximum Gasteiger partial charge on any atom is 0.235 e. The highest BCUT2D eigenvalue weighted by Gasteiger charge is 2.26. The van der Waals surface area contributed by atoms with Crippen LogP contribution in [0.15, 0.2) is 340 Å². The van der Waals surface area contributed by atoms with Crippen molar-refractivity contribution in [3.63, 3.8) is 0 Å². The average molecular weight is 1340 g/mol. The van der Waals surface area contributed by atoms with Crippen molar-refractivity contribution >= 4 is 150 Å². The molecule has 0 amide bonds. The summed E-state index contributed by atoms with van der Waals surface area (Å²) in [6.07, 6.45) is 0. The van der Waals surface area contributed by atoms with Crippen molar-refractivity contribution in [2.24, 2.45) is 0 Å². The Morgan fingerprint density at radius 2 is 0.549 bits per heavy atom. The van der Waals surface area contributed by atoms with Gasteiger partial charge in [-0.15, -0.1) is 22.7 Å². The second-order valence-corrected chi connectivity index (χ2v) is 28.1. The molecule has 0 N–H and O–H groups in total. The van der Waals surface area contributed by atoms with Gasteiger partial charge in [-0.25, -0.2) is 19.9 Å². The first-order valence-corrected chi connectivity index (χ1v) is 36.0. The lowest BCUT2D eigenvalue weighted by molar-refractivity contribution is 0.996. The van der Waals surface area contributed by atoms with Gasteiger partial charge in [0.15, 0.2) is 0 Å². The summed E-state index contributed by atoms with van der Waals surface area (Å²) in [6.45, 7) is 0. The molecule has 0 aliphatic carbocycles. The van der Waals surface area contributed by atoms with Gasteiger partial charge in [0.25, 0.3) is 0 Å². The maximum atomic E-state index is 5.44. The fourth-order valence-electron chi connectivity index (χ4n) is 15.9. The maximum absolute atomic E-state index is 5.44. The number of rotatable bonds is 8. The van der Waals surface area contributed by atoms with E-state index in [1.807, 2.05) is 28.7 Å². The number of thiophene rings is 2. The smallest absolute Gasteiger partial charge is 0.235 e. The summed E-state index contributed by atoms with van der Waals surface area (Å²) in [4.78, 5) is 21.5. The molecule has 14 aromatic carbocycles. The van der Waals surface area contributed by atoms with E-state index in [9.17, 15) is 0 Å². The van der Waals surface area contributed by atoms with Crippen LogP contribution in [0.2, 0.25) is 0 Å². The Hall–Kier alpha value is -13.1. The lowest BCUT2D eigenvalue weighted by atomic mass is 10.0. The molecule has 476 valence electrons. The van der Waals surface area contributed by atoms with E-state index in [0.29, 0.717) is 11.9 Å². The third-order valence-electron chi connectivity index (χ3n) is 20.3. The summed E-state index contributed by atoms with van der Waals surface area (Å²) >= 11 is 3.66. The summed E-state index contributed by atoms with van der Waals surface area (Å²) < 4.78 is 14.3. The van der Waals surface area contributed by atoms with Crippen molar-refractivity contribution in [1.82, 2.24) is 38.2 Å². The van der Waals surface area contributed by atoms with Gasteiger partial charge in [0.05, 0.1) is 66.9 Å². The lowest BCUT2D eigenvalue weighted by Gasteiger charge is -2.12. The molecule has 0 atom stereocenters. The van der Waals surface area contributed by atoms with E-state index in [-0.39, 0.29) is 0 Å². The van der Waals surface area contributed by atoms with Crippen LogP contribution in [-0.2, 0) is 0 Å².